The van der Waals surface area contributed by atoms with Crippen LogP contribution >= 0.6 is 0 Å². The van der Waals surface area contributed by atoms with Crippen LogP contribution in [0.25, 0.3) is 0 Å². The molecule has 0 radical (unpaired) electrons. The van der Waals surface area contributed by atoms with Gasteiger partial charge in [-0.05, 0) is 25.1 Å². The van der Waals surface area contributed by atoms with Gasteiger partial charge in [0.15, 0.2) is 9.76 Å². The van der Waals surface area contributed by atoms with Gasteiger partial charge >= 0.3 is 0 Å². The molecule has 0 bridgehead atoms. The first-order valence-electron chi connectivity index (χ1n) is 4.00. The van der Waals surface area contributed by atoms with Crippen LogP contribution in [0.1, 0.15) is 13.8 Å². The van der Waals surface area contributed by atoms with Crippen LogP contribution in [-0.2, 0) is 4.43 Å². The van der Waals surface area contributed by atoms with Gasteiger partial charge in [-0.3, -0.25) is 0 Å². The predicted octanol–water partition coefficient (Wildman–Crippen LogP) is 0.380. The molecule has 0 aromatic rings. The molecule has 2 nitrogen and oxygen atoms in total. The van der Waals surface area contributed by atoms with Crippen molar-refractivity contribution in [1.82, 2.24) is 5.32 Å². The Labute approximate surface area is 66.3 Å². The van der Waals surface area contributed by atoms with Crippen molar-refractivity contribution < 1.29 is 4.43 Å². The molecule has 0 saturated heterocycles. The van der Waals surface area contributed by atoms with Gasteiger partial charge in [-0.15, -0.1) is 0 Å². The van der Waals surface area contributed by atoms with E-state index in [1.54, 1.807) is 0 Å². The third kappa shape index (κ3) is 6.26. The first-order chi connectivity index (χ1) is 4.81. The van der Waals surface area contributed by atoms with Gasteiger partial charge in [0, 0.05) is 7.11 Å². The van der Waals surface area contributed by atoms with Crippen molar-refractivity contribution in [1.29, 1.82) is 0 Å². The normalized spacial score (nSPS) is 14.7. The molecule has 0 spiro atoms. The smallest absolute Gasteiger partial charge is 0.161 e. The van der Waals surface area contributed by atoms with Crippen LogP contribution in [0.5, 0.6) is 0 Å². The molecular formula is C7H19NOSi. The van der Waals surface area contributed by atoms with Crippen molar-refractivity contribution in [3.05, 3.63) is 0 Å². The molecule has 0 fully saturated rings. The van der Waals surface area contributed by atoms with Gasteiger partial charge in [0.2, 0.25) is 0 Å². The van der Waals surface area contributed by atoms with Gasteiger partial charge in [-0.2, -0.15) is 0 Å². The fourth-order valence-corrected chi connectivity index (χ4v) is 1.65. The minimum atomic E-state index is -0.194. The monoisotopic (exact) mass is 161 g/mol. The highest BCUT2D eigenvalue weighted by Crippen LogP contribution is 1.98. The summed E-state index contributed by atoms with van der Waals surface area (Å²) in [5.74, 6) is 0.798. The molecule has 0 rings (SSSR count). The van der Waals surface area contributed by atoms with E-state index in [9.17, 15) is 0 Å². The molecule has 0 amide bonds. The van der Waals surface area contributed by atoms with E-state index in [1.807, 2.05) is 7.11 Å². The van der Waals surface area contributed by atoms with E-state index in [-0.39, 0.29) is 9.76 Å². The van der Waals surface area contributed by atoms with Crippen LogP contribution < -0.4 is 5.32 Å². The zero-order valence-electron chi connectivity index (χ0n) is 7.31. The summed E-state index contributed by atoms with van der Waals surface area (Å²) < 4.78 is 5.10. The minimum Gasteiger partial charge on any atom is -0.427 e. The summed E-state index contributed by atoms with van der Waals surface area (Å²) in [4.78, 5) is 0. The van der Waals surface area contributed by atoms with Crippen molar-refractivity contribution in [2.24, 2.45) is 5.92 Å². The summed E-state index contributed by atoms with van der Waals surface area (Å²) in [5, 5.41) is 3.32. The average molecular weight is 161 g/mol. The van der Waals surface area contributed by atoms with E-state index >= 15 is 0 Å². The first kappa shape index (κ1) is 10.1. The van der Waals surface area contributed by atoms with Crippen LogP contribution in [0, 0.1) is 5.92 Å². The second kappa shape index (κ2) is 7.25. The Morgan fingerprint density at radius 3 is 2.80 bits per heavy atom. The molecule has 0 aliphatic carbocycles. The molecule has 1 unspecified atom stereocenters. The lowest BCUT2D eigenvalue weighted by Gasteiger charge is -2.09. The molecule has 0 aromatic heterocycles. The number of hydrogen-bond donors (Lipinski definition) is 1. The largest absolute Gasteiger partial charge is 0.427 e. The van der Waals surface area contributed by atoms with Crippen LogP contribution in [-0.4, -0.2) is 30.0 Å². The van der Waals surface area contributed by atoms with Crippen molar-refractivity contribution in [3.63, 3.8) is 0 Å². The highest BCUT2D eigenvalue weighted by atomic mass is 28.2. The third-order valence-corrected chi connectivity index (χ3v) is 3.19. The summed E-state index contributed by atoms with van der Waals surface area (Å²) in [6.07, 6.45) is 0. The van der Waals surface area contributed by atoms with E-state index < -0.39 is 0 Å². The lowest BCUT2D eigenvalue weighted by molar-refractivity contribution is 0.429. The fraction of sp³-hybridized carbons (Fsp3) is 1.00. The van der Waals surface area contributed by atoms with Gasteiger partial charge in [0.05, 0.1) is 0 Å². The lowest BCUT2D eigenvalue weighted by Crippen LogP contribution is -2.21. The number of nitrogens with one attached hydrogen (secondary N) is 1. The van der Waals surface area contributed by atoms with Crippen molar-refractivity contribution in [2.45, 2.75) is 19.9 Å². The average Bonchev–Trinajstić information content (AvgIpc) is 1.97. The fourth-order valence-electron chi connectivity index (χ4n) is 0.812. The van der Waals surface area contributed by atoms with E-state index in [1.165, 1.54) is 6.04 Å². The molecule has 0 aliphatic heterocycles. The first-order valence-corrected chi connectivity index (χ1v) is 5.58. The van der Waals surface area contributed by atoms with E-state index in [0.29, 0.717) is 0 Å². The van der Waals surface area contributed by atoms with Crippen LogP contribution in [0.4, 0.5) is 0 Å². The van der Waals surface area contributed by atoms with Gasteiger partial charge in [-0.1, -0.05) is 13.8 Å². The topological polar surface area (TPSA) is 21.3 Å². The molecule has 0 aromatic carbocycles. The standard InChI is InChI=1S/C7H19NOSi/c1-4-8-5-7(2)6-10-9-3/h7-8H,4-6,10H2,1-3H3. The molecular weight excluding hydrogens is 142 g/mol. The predicted molar refractivity (Wildman–Crippen MR) is 48.1 cm³/mol. The summed E-state index contributed by atoms with van der Waals surface area (Å²) in [7, 11) is 1.62. The van der Waals surface area contributed by atoms with Crippen molar-refractivity contribution in [3.8, 4) is 0 Å². The molecule has 1 atom stereocenters. The molecule has 3 heteroatoms. The van der Waals surface area contributed by atoms with Gasteiger partial charge < -0.3 is 9.74 Å². The van der Waals surface area contributed by atoms with Crippen LogP contribution in [0.15, 0.2) is 0 Å². The Hall–Kier alpha value is 0.137. The maximum atomic E-state index is 5.10. The quantitative estimate of drug-likeness (QED) is 0.569. The Balaban J connectivity index is 3.00. The molecule has 62 valence electrons. The lowest BCUT2D eigenvalue weighted by atomic mass is 10.2. The SMILES string of the molecule is CCNCC(C)C[SiH2]OC. The Kier molecular flexibility index (Phi) is 7.35. The zero-order chi connectivity index (χ0) is 7.82. The molecule has 0 saturated carbocycles. The van der Waals surface area contributed by atoms with Crippen molar-refractivity contribution >= 4 is 9.76 Å². The van der Waals surface area contributed by atoms with Crippen LogP contribution in [0.3, 0.4) is 0 Å². The van der Waals surface area contributed by atoms with Crippen molar-refractivity contribution in [2.75, 3.05) is 20.2 Å². The molecule has 0 aliphatic rings. The molecule has 1 N–H and O–H groups in total. The highest BCUT2D eigenvalue weighted by molar-refractivity contribution is 6.27. The van der Waals surface area contributed by atoms with Gasteiger partial charge in [-0.25, -0.2) is 0 Å². The van der Waals surface area contributed by atoms with Crippen LogP contribution in [0.2, 0.25) is 6.04 Å². The maximum Gasteiger partial charge on any atom is 0.161 e. The Morgan fingerprint density at radius 2 is 2.30 bits per heavy atom. The Bertz CT molecular complexity index is 62.6. The van der Waals surface area contributed by atoms with E-state index in [0.717, 1.165) is 19.0 Å². The Morgan fingerprint density at radius 1 is 1.60 bits per heavy atom. The molecule has 10 heavy (non-hydrogen) atoms. The summed E-state index contributed by atoms with van der Waals surface area (Å²) >= 11 is 0. The van der Waals surface area contributed by atoms with Gasteiger partial charge in [0.1, 0.15) is 0 Å². The van der Waals surface area contributed by atoms with E-state index in [2.05, 4.69) is 19.2 Å². The summed E-state index contributed by atoms with van der Waals surface area (Å²) in [5.41, 5.74) is 0. The second-order valence-corrected chi connectivity index (χ2v) is 4.26. The molecule has 0 heterocycles. The van der Waals surface area contributed by atoms with Gasteiger partial charge in [0.25, 0.3) is 0 Å². The zero-order valence-corrected chi connectivity index (χ0v) is 8.73. The third-order valence-electron chi connectivity index (χ3n) is 1.56. The number of hydrogen-bond acceptors (Lipinski definition) is 2. The highest BCUT2D eigenvalue weighted by Gasteiger charge is 1.99. The second-order valence-electron chi connectivity index (χ2n) is 2.69. The van der Waals surface area contributed by atoms with E-state index in [4.69, 9.17) is 4.43 Å². The maximum absolute atomic E-state index is 5.10. The summed E-state index contributed by atoms with van der Waals surface area (Å²) in [6.45, 7) is 6.64. The minimum absolute atomic E-state index is 0.194. The number of rotatable bonds is 6. The summed E-state index contributed by atoms with van der Waals surface area (Å²) in [6, 6.07) is 1.30.